The van der Waals surface area contributed by atoms with Crippen molar-refractivity contribution in [3.63, 3.8) is 0 Å². The highest BCUT2D eigenvalue weighted by molar-refractivity contribution is 6.30. The molecule has 2 rings (SSSR count). The molecular weight excluding hydrogens is 276 g/mol. The number of piperazine rings is 1. The summed E-state index contributed by atoms with van der Waals surface area (Å²) >= 11 is 6.02. The Morgan fingerprint density at radius 2 is 1.90 bits per heavy atom. The van der Waals surface area contributed by atoms with Crippen LogP contribution in [0, 0.1) is 5.92 Å². The number of halogens is 1. The Morgan fingerprint density at radius 3 is 2.45 bits per heavy atom. The fourth-order valence-corrected chi connectivity index (χ4v) is 2.77. The lowest BCUT2D eigenvalue weighted by atomic mass is 10.0. The number of hydrogen-bond donors (Lipinski definition) is 1. The first-order valence-corrected chi connectivity index (χ1v) is 7.34. The Kier molecular flexibility index (Phi) is 4.89. The first-order chi connectivity index (χ1) is 9.49. The largest absolute Gasteiger partial charge is 0.481 e. The van der Waals surface area contributed by atoms with E-state index in [4.69, 9.17) is 16.7 Å². The van der Waals surface area contributed by atoms with Gasteiger partial charge in [-0.25, -0.2) is 0 Å². The third-order valence-corrected chi connectivity index (χ3v) is 4.41. The number of benzene rings is 1. The van der Waals surface area contributed by atoms with Gasteiger partial charge in [-0.3, -0.25) is 9.69 Å². The van der Waals surface area contributed by atoms with Crippen LogP contribution < -0.4 is 4.90 Å². The van der Waals surface area contributed by atoms with Crippen molar-refractivity contribution in [1.82, 2.24) is 4.90 Å². The smallest absolute Gasteiger partial charge is 0.307 e. The molecule has 2 atom stereocenters. The minimum Gasteiger partial charge on any atom is -0.481 e. The Bertz CT molecular complexity index is 473. The number of carbonyl (C=O) groups is 1. The molecule has 1 aliphatic rings. The van der Waals surface area contributed by atoms with Gasteiger partial charge in [-0.1, -0.05) is 24.6 Å². The quantitative estimate of drug-likeness (QED) is 0.927. The van der Waals surface area contributed by atoms with Gasteiger partial charge >= 0.3 is 5.97 Å². The molecule has 0 saturated carbocycles. The molecule has 0 aromatic heterocycles. The lowest BCUT2D eigenvalue weighted by Crippen LogP contribution is -2.52. The van der Waals surface area contributed by atoms with Crippen LogP contribution in [-0.4, -0.2) is 48.2 Å². The second-order valence-electron chi connectivity index (χ2n) is 5.37. The Morgan fingerprint density at radius 1 is 1.25 bits per heavy atom. The number of carboxylic acid groups (broad SMARTS) is 1. The summed E-state index contributed by atoms with van der Waals surface area (Å²) in [7, 11) is 0. The van der Waals surface area contributed by atoms with Crippen LogP contribution >= 0.6 is 11.6 Å². The fraction of sp³-hybridized carbons (Fsp3) is 0.533. The zero-order valence-electron chi connectivity index (χ0n) is 11.9. The maximum atomic E-state index is 11.1. The fourth-order valence-electron chi connectivity index (χ4n) is 2.58. The number of nitrogens with zero attached hydrogens (tertiary/aromatic N) is 2. The summed E-state index contributed by atoms with van der Waals surface area (Å²) in [5.41, 5.74) is 1.14. The molecule has 20 heavy (non-hydrogen) atoms. The van der Waals surface area contributed by atoms with Crippen molar-refractivity contribution in [3.05, 3.63) is 29.3 Å². The summed E-state index contributed by atoms with van der Waals surface area (Å²) in [6.45, 7) is 7.33. The molecule has 1 aromatic carbocycles. The molecule has 0 amide bonds. The first-order valence-electron chi connectivity index (χ1n) is 6.96. The van der Waals surface area contributed by atoms with Crippen LogP contribution in [0.5, 0.6) is 0 Å². The second-order valence-corrected chi connectivity index (χ2v) is 5.81. The van der Waals surface area contributed by atoms with E-state index in [9.17, 15) is 4.79 Å². The molecule has 0 bridgehead atoms. The number of anilines is 1. The van der Waals surface area contributed by atoms with Gasteiger partial charge in [0.15, 0.2) is 0 Å². The van der Waals surface area contributed by atoms with Crippen LogP contribution in [0.25, 0.3) is 0 Å². The van der Waals surface area contributed by atoms with Gasteiger partial charge < -0.3 is 10.0 Å². The Balaban J connectivity index is 1.94. The summed E-state index contributed by atoms with van der Waals surface area (Å²) in [5, 5.41) is 9.84. The minimum atomic E-state index is -0.727. The van der Waals surface area contributed by atoms with E-state index < -0.39 is 5.97 Å². The summed E-state index contributed by atoms with van der Waals surface area (Å²) < 4.78 is 0. The molecule has 4 nitrogen and oxygen atoms in total. The molecule has 5 heteroatoms. The summed E-state index contributed by atoms with van der Waals surface area (Å²) in [6, 6.07) is 7.93. The molecule has 1 saturated heterocycles. The van der Waals surface area contributed by atoms with Crippen molar-refractivity contribution in [2.75, 3.05) is 31.1 Å². The molecule has 1 aromatic rings. The van der Waals surface area contributed by atoms with E-state index in [2.05, 4.69) is 15.9 Å². The molecule has 0 aliphatic carbocycles. The standard InChI is InChI=1S/C15H21ClN2O2/c1-11(15(19)20)12(2)17-6-8-18(9-7-17)14-5-3-4-13(16)10-14/h3-5,10-12H,6-9H2,1-2H3,(H,19,20). The predicted molar refractivity (Wildman–Crippen MR) is 81.5 cm³/mol. The molecule has 110 valence electrons. The van der Waals surface area contributed by atoms with Crippen LogP contribution in [0.1, 0.15) is 13.8 Å². The van der Waals surface area contributed by atoms with Gasteiger partial charge in [-0.05, 0) is 25.1 Å². The van der Waals surface area contributed by atoms with E-state index in [1.807, 2.05) is 25.1 Å². The van der Waals surface area contributed by atoms with Crippen LogP contribution in [0.3, 0.4) is 0 Å². The monoisotopic (exact) mass is 296 g/mol. The van der Waals surface area contributed by atoms with Gasteiger partial charge in [0.1, 0.15) is 0 Å². The van der Waals surface area contributed by atoms with E-state index in [0.29, 0.717) is 0 Å². The molecule has 1 heterocycles. The molecule has 1 fully saturated rings. The van der Waals surface area contributed by atoms with Crippen molar-refractivity contribution in [2.24, 2.45) is 5.92 Å². The van der Waals surface area contributed by atoms with E-state index in [-0.39, 0.29) is 12.0 Å². The normalized spacial score (nSPS) is 19.6. The Hall–Kier alpha value is -1.26. The van der Waals surface area contributed by atoms with E-state index in [0.717, 1.165) is 36.9 Å². The van der Waals surface area contributed by atoms with Crippen LogP contribution in [-0.2, 0) is 4.79 Å². The van der Waals surface area contributed by atoms with Crippen molar-refractivity contribution >= 4 is 23.3 Å². The maximum absolute atomic E-state index is 11.1. The highest BCUT2D eigenvalue weighted by Gasteiger charge is 2.28. The zero-order chi connectivity index (χ0) is 14.7. The molecular formula is C15H21ClN2O2. The average molecular weight is 297 g/mol. The number of aliphatic carboxylic acids is 1. The van der Waals surface area contributed by atoms with Crippen LogP contribution in [0.4, 0.5) is 5.69 Å². The maximum Gasteiger partial charge on any atom is 0.307 e. The lowest BCUT2D eigenvalue weighted by molar-refractivity contribution is -0.143. The predicted octanol–water partition coefficient (Wildman–Crippen LogP) is 2.57. The SMILES string of the molecule is CC(C(=O)O)C(C)N1CCN(c2cccc(Cl)c2)CC1. The average Bonchev–Trinajstić information content (AvgIpc) is 2.46. The lowest BCUT2D eigenvalue weighted by Gasteiger charge is -2.40. The molecule has 0 spiro atoms. The topological polar surface area (TPSA) is 43.8 Å². The highest BCUT2D eigenvalue weighted by Crippen LogP contribution is 2.22. The number of rotatable bonds is 4. The van der Waals surface area contributed by atoms with E-state index in [1.54, 1.807) is 6.92 Å². The molecule has 2 unspecified atom stereocenters. The third kappa shape index (κ3) is 3.44. The van der Waals surface area contributed by atoms with Crippen molar-refractivity contribution < 1.29 is 9.90 Å². The number of hydrogen-bond acceptors (Lipinski definition) is 3. The Labute approximate surface area is 124 Å². The zero-order valence-corrected chi connectivity index (χ0v) is 12.7. The van der Waals surface area contributed by atoms with E-state index in [1.165, 1.54) is 0 Å². The second kappa shape index (κ2) is 6.46. The van der Waals surface area contributed by atoms with Gasteiger partial charge in [0, 0.05) is 42.9 Å². The summed E-state index contributed by atoms with van der Waals surface area (Å²) in [5.74, 6) is -1.07. The minimum absolute atomic E-state index is 0.0639. The summed E-state index contributed by atoms with van der Waals surface area (Å²) in [6.07, 6.45) is 0. The third-order valence-electron chi connectivity index (χ3n) is 4.18. The van der Waals surface area contributed by atoms with Crippen LogP contribution in [0.2, 0.25) is 5.02 Å². The first kappa shape index (κ1) is 15.1. The summed E-state index contributed by atoms with van der Waals surface area (Å²) in [4.78, 5) is 15.6. The van der Waals surface area contributed by atoms with Crippen molar-refractivity contribution in [1.29, 1.82) is 0 Å². The molecule has 0 radical (unpaired) electrons. The van der Waals surface area contributed by atoms with Crippen molar-refractivity contribution in [2.45, 2.75) is 19.9 Å². The van der Waals surface area contributed by atoms with Crippen LogP contribution in [0.15, 0.2) is 24.3 Å². The van der Waals surface area contributed by atoms with Crippen molar-refractivity contribution in [3.8, 4) is 0 Å². The van der Waals surface area contributed by atoms with Gasteiger partial charge in [-0.2, -0.15) is 0 Å². The number of carboxylic acids is 1. The molecule has 1 aliphatic heterocycles. The van der Waals surface area contributed by atoms with Gasteiger partial charge in [0.05, 0.1) is 5.92 Å². The van der Waals surface area contributed by atoms with Gasteiger partial charge in [0.2, 0.25) is 0 Å². The highest BCUT2D eigenvalue weighted by atomic mass is 35.5. The molecule has 1 N–H and O–H groups in total. The van der Waals surface area contributed by atoms with E-state index >= 15 is 0 Å². The van der Waals surface area contributed by atoms with Gasteiger partial charge in [-0.15, -0.1) is 0 Å². The van der Waals surface area contributed by atoms with Gasteiger partial charge in [0.25, 0.3) is 0 Å².